The van der Waals surface area contributed by atoms with Gasteiger partial charge in [-0.05, 0) is 30.6 Å². The summed E-state index contributed by atoms with van der Waals surface area (Å²) in [6.45, 7) is 4.25. The molecule has 2 aliphatic rings. The normalized spacial score (nSPS) is 47.1. The van der Waals surface area contributed by atoms with Crippen molar-refractivity contribution in [2.75, 3.05) is 0 Å². The lowest BCUT2D eigenvalue weighted by atomic mass is 9.85. The zero-order chi connectivity index (χ0) is 10.3. The molecule has 0 amide bonds. The Balaban J connectivity index is 2.19. The SMILES string of the molecule is CC1(C)CC2CCCCC(O)C2C1O. The summed E-state index contributed by atoms with van der Waals surface area (Å²) in [4.78, 5) is 0. The number of fused-ring (bicyclic) bond motifs is 1. The van der Waals surface area contributed by atoms with E-state index in [9.17, 15) is 10.2 Å². The van der Waals surface area contributed by atoms with Crippen molar-refractivity contribution in [1.29, 1.82) is 0 Å². The second kappa shape index (κ2) is 3.49. The Morgan fingerprint density at radius 2 is 1.71 bits per heavy atom. The Kier molecular flexibility index (Phi) is 2.61. The third-order valence-electron chi connectivity index (χ3n) is 4.27. The average Bonchev–Trinajstić information content (AvgIpc) is 2.25. The number of rotatable bonds is 0. The second-order valence-electron chi connectivity index (χ2n) is 5.83. The molecule has 0 saturated heterocycles. The number of aliphatic hydroxyl groups is 2. The van der Waals surface area contributed by atoms with Crippen molar-refractivity contribution in [2.45, 2.75) is 58.2 Å². The Morgan fingerprint density at radius 3 is 2.43 bits per heavy atom. The van der Waals surface area contributed by atoms with E-state index >= 15 is 0 Å². The van der Waals surface area contributed by atoms with Gasteiger partial charge in [0.25, 0.3) is 0 Å². The minimum atomic E-state index is -0.305. The predicted molar refractivity (Wildman–Crippen MR) is 55.9 cm³/mol. The van der Waals surface area contributed by atoms with E-state index in [0.717, 1.165) is 19.3 Å². The Labute approximate surface area is 86.3 Å². The maximum absolute atomic E-state index is 10.2. The van der Waals surface area contributed by atoms with Gasteiger partial charge in [-0.15, -0.1) is 0 Å². The summed E-state index contributed by atoms with van der Waals surface area (Å²) in [5.74, 6) is 0.699. The summed E-state index contributed by atoms with van der Waals surface area (Å²) in [6.07, 6.45) is 4.94. The van der Waals surface area contributed by atoms with Gasteiger partial charge in [-0.3, -0.25) is 0 Å². The highest BCUT2D eigenvalue weighted by Gasteiger charge is 2.50. The maximum Gasteiger partial charge on any atom is 0.0646 e. The standard InChI is InChI=1S/C12H22O2/c1-12(2)7-8-5-3-4-6-9(13)10(8)11(12)14/h8-11,13-14H,3-7H2,1-2H3. The van der Waals surface area contributed by atoms with Gasteiger partial charge >= 0.3 is 0 Å². The molecule has 2 N–H and O–H groups in total. The van der Waals surface area contributed by atoms with E-state index in [0.29, 0.717) is 5.92 Å². The fraction of sp³-hybridized carbons (Fsp3) is 1.00. The van der Waals surface area contributed by atoms with E-state index in [4.69, 9.17) is 0 Å². The molecule has 2 heteroatoms. The molecule has 2 saturated carbocycles. The van der Waals surface area contributed by atoms with Gasteiger partial charge in [0.2, 0.25) is 0 Å². The van der Waals surface area contributed by atoms with Crippen LogP contribution in [0.1, 0.15) is 46.0 Å². The average molecular weight is 198 g/mol. The highest BCUT2D eigenvalue weighted by Crippen LogP contribution is 2.50. The van der Waals surface area contributed by atoms with Crippen molar-refractivity contribution in [3.05, 3.63) is 0 Å². The van der Waals surface area contributed by atoms with Gasteiger partial charge in [0.15, 0.2) is 0 Å². The third-order valence-corrected chi connectivity index (χ3v) is 4.27. The zero-order valence-electron chi connectivity index (χ0n) is 9.24. The Hall–Kier alpha value is -0.0800. The van der Waals surface area contributed by atoms with Crippen LogP contribution in [0.2, 0.25) is 0 Å². The molecule has 0 aromatic carbocycles. The summed E-state index contributed by atoms with van der Waals surface area (Å²) in [7, 11) is 0. The summed E-state index contributed by atoms with van der Waals surface area (Å²) in [5.41, 5.74) is 0.00759. The van der Waals surface area contributed by atoms with Crippen molar-refractivity contribution >= 4 is 0 Å². The molecule has 0 bridgehead atoms. The monoisotopic (exact) mass is 198 g/mol. The van der Waals surface area contributed by atoms with Crippen LogP contribution in [0.25, 0.3) is 0 Å². The maximum atomic E-state index is 10.2. The molecule has 0 spiro atoms. The minimum Gasteiger partial charge on any atom is -0.393 e. The Bertz CT molecular complexity index is 212. The number of hydrogen-bond acceptors (Lipinski definition) is 2. The van der Waals surface area contributed by atoms with E-state index in [1.807, 2.05) is 0 Å². The fourth-order valence-corrected chi connectivity index (χ4v) is 3.48. The number of aliphatic hydroxyl groups excluding tert-OH is 2. The molecule has 2 rings (SSSR count). The summed E-state index contributed by atoms with van der Waals surface area (Å²) < 4.78 is 0. The summed E-state index contributed by atoms with van der Waals surface area (Å²) in [5, 5.41) is 20.2. The molecule has 0 aromatic heterocycles. The quantitative estimate of drug-likeness (QED) is 0.624. The van der Waals surface area contributed by atoms with Crippen LogP contribution < -0.4 is 0 Å². The molecule has 2 aliphatic carbocycles. The largest absolute Gasteiger partial charge is 0.393 e. The van der Waals surface area contributed by atoms with Crippen molar-refractivity contribution in [2.24, 2.45) is 17.3 Å². The van der Waals surface area contributed by atoms with E-state index in [-0.39, 0.29) is 23.5 Å². The van der Waals surface area contributed by atoms with Crippen LogP contribution in [-0.4, -0.2) is 22.4 Å². The first-order valence-electron chi connectivity index (χ1n) is 5.88. The molecule has 0 radical (unpaired) electrons. The first kappa shape index (κ1) is 10.4. The molecule has 0 aromatic rings. The van der Waals surface area contributed by atoms with Crippen LogP contribution in [-0.2, 0) is 0 Å². The van der Waals surface area contributed by atoms with Gasteiger partial charge in [0.1, 0.15) is 0 Å². The lowest BCUT2D eigenvalue weighted by Gasteiger charge is -2.28. The van der Waals surface area contributed by atoms with Crippen LogP contribution in [0.3, 0.4) is 0 Å². The van der Waals surface area contributed by atoms with E-state index in [1.165, 1.54) is 12.8 Å². The van der Waals surface area contributed by atoms with E-state index < -0.39 is 0 Å². The predicted octanol–water partition coefficient (Wildman–Crippen LogP) is 1.94. The molecule has 82 valence electrons. The lowest BCUT2D eigenvalue weighted by molar-refractivity contribution is -0.0191. The topological polar surface area (TPSA) is 40.5 Å². The van der Waals surface area contributed by atoms with Crippen LogP contribution in [0, 0.1) is 17.3 Å². The van der Waals surface area contributed by atoms with Crippen LogP contribution in [0.15, 0.2) is 0 Å². The van der Waals surface area contributed by atoms with Gasteiger partial charge < -0.3 is 10.2 Å². The fourth-order valence-electron chi connectivity index (χ4n) is 3.48. The summed E-state index contributed by atoms with van der Waals surface area (Å²) in [6, 6.07) is 0. The van der Waals surface area contributed by atoms with Gasteiger partial charge in [0.05, 0.1) is 12.2 Å². The number of hydrogen-bond donors (Lipinski definition) is 2. The molecule has 0 heterocycles. The van der Waals surface area contributed by atoms with E-state index in [2.05, 4.69) is 13.8 Å². The third kappa shape index (κ3) is 1.59. The highest BCUT2D eigenvalue weighted by atomic mass is 16.3. The molecule has 2 nitrogen and oxygen atoms in total. The van der Waals surface area contributed by atoms with Crippen molar-refractivity contribution in [3.63, 3.8) is 0 Å². The zero-order valence-corrected chi connectivity index (χ0v) is 9.24. The molecular formula is C12H22O2. The molecular weight excluding hydrogens is 176 g/mol. The van der Waals surface area contributed by atoms with Gasteiger partial charge in [0, 0.05) is 5.92 Å². The minimum absolute atomic E-state index is 0.00759. The second-order valence-corrected chi connectivity index (χ2v) is 5.83. The molecule has 0 aliphatic heterocycles. The molecule has 4 atom stereocenters. The smallest absolute Gasteiger partial charge is 0.0646 e. The van der Waals surface area contributed by atoms with Crippen molar-refractivity contribution in [1.82, 2.24) is 0 Å². The van der Waals surface area contributed by atoms with E-state index in [1.54, 1.807) is 0 Å². The van der Waals surface area contributed by atoms with Crippen LogP contribution in [0.4, 0.5) is 0 Å². The molecule has 4 unspecified atom stereocenters. The van der Waals surface area contributed by atoms with Crippen molar-refractivity contribution in [3.8, 4) is 0 Å². The molecule has 2 fully saturated rings. The van der Waals surface area contributed by atoms with Gasteiger partial charge in [-0.1, -0.05) is 26.7 Å². The van der Waals surface area contributed by atoms with Gasteiger partial charge in [-0.2, -0.15) is 0 Å². The summed E-state index contributed by atoms with van der Waals surface area (Å²) >= 11 is 0. The lowest BCUT2D eigenvalue weighted by Crippen LogP contribution is -2.35. The van der Waals surface area contributed by atoms with Crippen LogP contribution in [0.5, 0.6) is 0 Å². The Morgan fingerprint density at radius 1 is 1.07 bits per heavy atom. The molecule has 14 heavy (non-hydrogen) atoms. The van der Waals surface area contributed by atoms with Crippen LogP contribution >= 0.6 is 0 Å². The van der Waals surface area contributed by atoms with Crippen molar-refractivity contribution < 1.29 is 10.2 Å². The first-order chi connectivity index (χ1) is 6.52. The van der Waals surface area contributed by atoms with Gasteiger partial charge in [-0.25, -0.2) is 0 Å². The highest BCUT2D eigenvalue weighted by molar-refractivity contribution is 4.99. The first-order valence-corrected chi connectivity index (χ1v) is 5.88.